The fourth-order valence-electron chi connectivity index (χ4n) is 3.36. The first-order valence-electron chi connectivity index (χ1n) is 10.4. The van der Waals surface area contributed by atoms with E-state index in [0.717, 1.165) is 17.7 Å². The van der Waals surface area contributed by atoms with E-state index in [9.17, 15) is 5.26 Å². The van der Waals surface area contributed by atoms with Gasteiger partial charge in [0, 0.05) is 6.20 Å². The third-order valence-corrected chi connectivity index (χ3v) is 6.16. The van der Waals surface area contributed by atoms with Gasteiger partial charge in [0.1, 0.15) is 23.5 Å². The smallest absolute Gasteiger partial charge is 0.198 e. The van der Waals surface area contributed by atoms with Crippen molar-refractivity contribution in [2.24, 2.45) is 0 Å². The van der Waals surface area contributed by atoms with Crippen molar-refractivity contribution in [2.45, 2.75) is 43.1 Å². The molecule has 0 aliphatic carbocycles. The number of nitriles is 1. The maximum absolute atomic E-state index is 9.44. The van der Waals surface area contributed by atoms with Crippen molar-refractivity contribution < 1.29 is 4.74 Å². The van der Waals surface area contributed by atoms with Gasteiger partial charge in [-0.3, -0.25) is 4.57 Å². The molecule has 2 aromatic carbocycles. The van der Waals surface area contributed by atoms with Gasteiger partial charge in [-0.05, 0) is 60.5 Å². The summed E-state index contributed by atoms with van der Waals surface area (Å²) in [6.45, 7) is 4.51. The van der Waals surface area contributed by atoms with Crippen molar-refractivity contribution >= 4 is 11.8 Å². The van der Waals surface area contributed by atoms with Crippen LogP contribution in [0.5, 0.6) is 5.75 Å². The van der Waals surface area contributed by atoms with E-state index in [0.29, 0.717) is 21.6 Å². The van der Waals surface area contributed by atoms with E-state index in [1.54, 1.807) is 18.3 Å². The zero-order valence-corrected chi connectivity index (χ0v) is 18.8. The van der Waals surface area contributed by atoms with Crippen LogP contribution in [0.1, 0.15) is 42.4 Å². The number of hydrogen-bond donors (Lipinski definition) is 0. The summed E-state index contributed by atoms with van der Waals surface area (Å²) in [5.41, 5.74) is 2.90. The van der Waals surface area contributed by atoms with Crippen molar-refractivity contribution in [1.29, 1.82) is 5.26 Å². The number of ether oxygens (including phenoxy) is 1. The van der Waals surface area contributed by atoms with Crippen molar-refractivity contribution in [2.75, 3.05) is 0 Å². The minimum absolute atomic E-state index is 0.0241. The number of rotatable bonds is 8. The predicted molar refractivity (Wildman–Crippen MR) is 124 cm³/mol. The maximum atomic E-state index is 9.44. The van der Waals surface area contributed by atoms with Gasteiger partial charge in [0.05, 0.1) is 11.6 Å². The molecule has 160 valence electrons. The molecule has 32 heavy (non-hydrogen) atoms. The molecule has 2 heterocycles. The van der Waals surface area contributed by atoms with Crippen LogP contribution in [0.15, 0.2) is 83.1 Å². The van der Waals surface area contributed by atoms with Crippen LogP contribution in [-0.2, 0) is 13.0 Å². The molecule has 4 aromatic rings. The van der Waals surface area contributed by atoms with Gasteiger partial charge in [0.2, 0.25) is 0 Å². The monoisotopic (exact) mass is 441 g/mol. The summed E-state index contributed by atoms with van der Waals surface area (Å²) in [4.78, 5) is 4.37. The molecule has 0 amide bonds. The molecule has 0 N–H and O–H groups in total. The van der Waals surface area contributed by atoms with E-state index in [4.69, 9.17) is 4.74 Å². The lowest BCUT2D eigenvalue weighted by Gasteiger charge is -2.18. The SMILES string of the molecule is CCc1ccc(OCc2nnc(Sc3ncccc3C#N)n2[C@@H](C)c2ccccc2)cc1. The number of hydrogen-bond acceptors (Lipinski definition) is 6. The number of nitrogens with zero attached hydrogens (tertiary/aromatic N) is 5. The van der Waals surface area contributed by atoms with Crippen LogP contribution in [0.25, 0.3) is 0 Å². The Morgan fingerprint density at radius 1 is 1.03 bits per heavy atom. The topological polar surface area (TPSA) is 76.6 Å². The maximum Gasteiger partial charge on any atom is 0.198 e. The second-order valence-electron chi connectivity index (χ2n) is 7.21. The predicted octanol–water partition coefficient (Wildman–Crippen LogP) is 5.45. The molecule has 0 bridgehead atoms. The van der Waals surface area contributed by atoms with Crippen LogP contribution in [0.3, 0.4) is 0 Å². The van der Waals surface area contributed by atoms with Gasteiger partial charge in [-0.15, -0.1) is 10.2 Å². The lowest BCUT2D eigenvalue weighted by Crippen LogP contribution is -2.14. The highest BCUT2D eigenvalue weighted by atomic mass is 32.2. The molecule has 0 radical (unpaired) electrons. The van der Waals surface area contributed by atoms with Gasteiger partial charge < -0.3 is 4.74 Å². The summed E-state index contributed by atoms with van der Waals surface area (Å²) in [6.07, 6.45) is 2.66. The molecule has 6 nitrogen and oxygen atoms in total. The van der Waals surface area contributed by atoms with Crippen LogP contribution in [0.4, 0.5) is 0 Å². The standard InChI is InChI=1S/C25H23N5OS/c1-3-19-11-13-22(14-12-19)31-17-23-28-29-25(32-24-21(16-26)10-7-15-27-24)30(23)18(2)20-8-5-4-6-9-20/h4-15,18H,3,17H2,1-2H3/t18-/m0/s1. The highest BCUT2D eigenvalue weighted by molar-refractivity contribution is 7.99. The first-order valence-corrected chi connectivity index (χ1v) is 11.2. The fourth-order valence-corrected chi connectivity index (χ4v) is 4.31. The fraction of sp³-hybridized carbons (Fsp3) is 0.200. The number of aromatic nitrogens is 4. The minimum atomic E-state index is -0.0241. The molecule has 0 saturated heterocycles. The molecule has 0 spiro atoms. The van der Waals surface area contributed by atoms with Crippen molar-refractivity contribution in [3.8, 4) is 11.8 Å². The molecule has 4 rings (SSSR count). The van der Waals surface area contributed by atoms with Crippen molar-refractivity contribution in [3.63, 3.8) is 0 Å². The Labute approximate surface area is 191 Å². The van der Waals surface area contributed by atoms with Crippen LogP contribution < -0.4 is 4.74 Å². The van der Waals surface area contributed by atoms with Crippen LogP contribution in [0.2, 0.25) is 0 Å². The molecular formula is C25H23N5OS. The summed E-state index contributed by atoms with van der Waals surface area (Å²) in [5.74, 6) is 1.49. The second-order valence-corrected chi connectivity index (χ2v) is 8.17. The van der Waals surface area contributed by atoms with Crippen LogP contribution in [-0.4, -0.2) is 19.7 Å². The Kier molecular flexibility index (Phi) is 6.83. The molecule has 0 aliphatic rings. The lowest BCUT2D eigenvalue weighted by molar-refractivity contribution is 0.285. The average molecular weight is 442 g/mol. The van der Waals surface area contributed by atoms with Crippen molar-refractivity contribution in [1.82, 2.24) is 19.7 Å². The average Bonchev–Trinajstić information content (AvgIpc) is 3.25. The summed E-state index contributed by atoms with van der Waals surface area (Å²) in [7, 11) is 0. The molecule has 0 aliphatic heterocycles. The number of aryl methyl sites for hydroxylation is 1. The second kappa shape index (κ2) is 10.1. The zero-order chi connectivity index (χ0) is 22.3. The van der Waals surface area contributed by atoms with Gasteiger partial charge in [0.15, 0.2) is 11.0 Å². The minimum Gasteiger partial charge on any atom is -0.486 e. The van der Waals surface area contributed by atoms with Gasteiger partial charge in [0.25, 0.3) is 0 Å². The Hall–Kier alpha value is -3.63. The van der Waals surface area contributed by atoms with Gasteiger partial charge in [-0.1, -0.05) is 49.4 Å². The molecule has 7 heteroatoms. The number of benzene rings is 2. The van der Waals surface area contributed by atoms with Gasteiger partial charge >= 0.3 is 0 Å². The molecule has 1 atom stereocenters. The number of pyridine rings is 1. The lowest BCUT2D eigenvalue weighted by atomic mass is 10.1. The Balaban J connectivity index is 1.65. The summed E-state index contributed by atoms with van der Waals surface area (Å²) in [6, 6.07) is 23.9. The van der Waals surface area contributed by atoms with Crippen LogP contribution >= 0.6 is 11.8 Å². The largest absolute Gasteiger partial charge is 0.486 e. The van der Waals surface area contributed by atoms with E-state index in [1.165, 1.54) is 17.3 Å². The molecule has 0 fully saturated rings. The third kappa shape index (κ3) is 4.82. The summed E-state index contributed by atoms with van der Waals surface area (Å²) >= 11 is 1.34. The van der Waals surface area contributed by atoms with E-state index >= 15 is 0 Å². The normalized spacial score (nSPS) is 11.7. The highest BCUT2D eigenvalue weighted by Crippen LogP contribution is 2.32. The zero-order valence-electron chi connectivity index (χ0n) is 18.0. The van der Waals surface area contributed by atoms with Crippen LogP contribution in [0, 0.1) is 11.3 Å². The summed E-state index contributed by atoms with van der Waals surface area (Å²) in [5, 5.41) is 19.5. The van der Waals surface area contributed by atoms with Crippen molar-refractivity contribution in [3.05, 3.63) is 95.4 Å². The van der Waals surface area contributed by atoms with Gasteiger partial charge in [-0.2, -0.15) is 5.26 Å². The van der Waals surface area contributed by atoms with E-state index in [2.05, 4.69) is 63.9 Å². The third-order valence-electron chi connectivity index (χ3n) is 5.18. The first kappa shape index (κ1) is 21.6. The highest BCUT2D eigenvalue weighted by Gasteiger charge is 2.21. The molecule has 2 aromatic heterocycles. The molecule has 0 saturated carbocycles. The quantitative estimate of drug-likeness (QED) is 0.362. The van der Waals surface area contributed by atoms with E-state index < -0.39 is 0 Å². The first-order chi connectivity index (χ1) is 15.7. The Morgan fingerprint density at radius 2 is 1.81 bits per heavy atom. The Morgan fingerprint density at radius 3 is 2.53 bits per heavy atom. The summed E-state index contributed by atoms with van der Waals surface area (Å²) < 4.78 is 8.08. The molecular weight excluding hydrogens is 418 g/mol. The van der Waals surface area contributed by atoms with E-state index in [1.807, 2.05) is 30.3 Å². The Bertz CT molecular complexity index is 1220. The van der Waals surface area contributed by atoms with Gasteiger partial charge in [-0.25, -0.2) is 4.98 Å². The molecule has 0 unspecified atom stereocenters. The van der Waals surface area contributed by atoms with E-state index in [-0.39, 0.29) is 12.6 Å².